The van der Waals surface area contributed by atoms with Crippen molar-refractivity contribution < 1.29 is 9.18 Å². The van der Waals surface area contributed by atoms with Crippen LogP contribution in [0.3, 0.4) is 0 Å². The minimum atomic E-state index is -0.570. The molecular weight excluding hydrogens is 292 g/mol. The second-order valence-electron chi connectivity index (χ2n) is 3.65. The quantitative estimate of drug-likeness (QED) is 0.893. The van der Waals surface area contributed by atoms with Crippen molar-refractivity contribution in [1.29, 1.82) is 0 Å². The van der Waals surface area contributed by atoms with Crippen LogP contribution in [-0.4, -0.2) is 10.9 Å². The van der Waals surface area contributed by atoms with E-state index in [1.807, 2.05) is 0 Å². The maximum Gasteiger partial charge on any atom is 0.275 e. The van der Waals surface area contributed by atoms with E-state index in [1.54, 1.807) is 0 Å². The van der Waals surface area contributed by atoms with Crippen molar-refractivity contribution in [1.82, 2.24) is 4.98 Å². The Labute approximate surface area is 118 Å². The number of hydrogen-bond acceptors (Lipinski definition) is 3. The van der Waals surface area contributed by atoms with Crippen LogP contribution in [0.15, 0.2) is 30.3 Å². The maximum absolute atomic E-state index is 13.0. The predicted molar refractivity (Wildman–Crippen MR) is 73.0 cm³/mol. The van der Waals surface area contributed by atoms with Gasteiger partial charge in [-0.1, -0.05) is 23.2 Å². The third-order valence-electron chi connectivity index (χ3n) is 2.26. The van der Waals surface area contributed by atoms with Gasteiger partial charge in [-0.3, -0.25) is 4.79 Å². The normalized spacial score (nSPS) is 10.3. The minimum absolute atomic E-state index is 0.0119. The van der Waals surface area contributed by atoms with Crippen LogP contribution in [-0.2, 0) is 0 Å². The molecule has 0 aliphatic rings. The highest BCUT2D eigenvalue weighted by Gasteiger charge is 2.13. The van der Waals surface area contributed by atoms with E-state index in [-0.39, 0.29) is 21.6 Å². The van der Waals surface area contributed by atoms with Gasteiger partial charge in [-0.2, -0.15) is 0 Å². The number of benzene rings is 1. The molecule has 0 atom stereocenters. The van der Waals surface area contributed by atoms with E-state index >= 15 is 0 Å². The number of nitrogen functional groups attached to an aromatic ring is 1. The van der Waals surface area contributed by atoms with E-state index < -0.39 is 11.7 Å². The smallest absolute Gasteiger partial charge is 0.275 e. The summed E-state index contributed by atoms with van der Waals surface area (Å²) in [6.07, 6.45) is 0. The highest BCUT2D eigenvalue weighted by molar-refractivity contribution is 6.34. The van der Waals surface area contributed by atoms with E-state index in [1.165, 1.54) is 24.3 Å². The summed E-state index contributed by atoms with van der Waals surface area (Å²) in [6.45, 7) is 0. The van der Waals surface area contributed by atoms with Crippen LogP contribution in [0.25, 0.3) is 0 Å². The topological polar surface area (TPSA) is 68.0 Å². The van der Waals surface area contributed by atoms with Crippen LogP contribution in [0.5, 0.6) is 0 Å². The first kappa shape index (κ1) is 13.6. The third-order valence-corrected chi connectivity index (χ3v) is 2.85. The number of halogens is 3. The number of amides is 1. The van der Waals surface area contributed by atoms with Gasteiger partial charge in [0, 0.05) is 5.69 Å². The number of hydrogen-bond donors (Lipinski definition) is 2. The summed E-state index contributed by atoms with van der Waals surface area (Å²) >= 11 is 11.5. The predicted octanol–water partition coefficient (Wildman–Crippen LogP) is 3.36. The summed E-state index contributed by atoms with van der Waals surface area (Å²) in [5.74, 6) is -0.952. The van der Waals surface area contributed by atoms with Crippen LogP contribution in [0, 0.1) is 5.82 Å². The van der Waals surface area contributed by atoms with Crippen LogP contribution in [0.2, 0.25) is 10.0 Å². The van der Waals surface area contributed by atoms with Gasteiger partial charge < -0.3 is 11.1 Å². The number of nitrogens with two attached hydrogens (primary N) is 1. The van der Waals surface area contributed by atoms with Gasteiger partial charge in [0.2, 0.25) is 0 Å². The molecule has 7 heteroatoms. The summed E-state index contributed by atoms with van der Waals surface area (Å²) in [5.41, 5.74) is 5.80. The van der Waals surface area contributed by atoms with E-state index in [2.05, 4.69) is 10.3 Å². The highest BCUT2D eigenvalue weighted by Crippen LogP contribution is 2.21. The monoisotopic (exact) mass is 299 g/mol. The largest absolute Gasteiger partial charge is 0.384 e. The summed E-state index contributed by atoms with van der Waals surface area (Å²) in [4.78, 5) is 15.8. The lowest BCUT2D eigenvalue weighted by Gasteiger charge is -2.07. The zero-order valence-electron chi connectivity index (χ0n) is 9.45. The molecule has 1 heterocycles. The molecule has 0 saturated carbocycles. The van der Waals surface area contributed by atoms with Gasteiger partial charge >= 0.3 is 0 Å². The van der Waals surface area contributed by atoms with Crippen molar-refractivity contribution in [3.63, 3.8) is 0 Å². The molecule has 2 aromatic rings. The number of nitrogens with one attached hydrogen (secondary N) is 1. The lowest BCUT2D eigenvalue weighted by Crippen LogP contribution is -2.15. The number of carbonyl (C=O) groups is 1. The standard InChI is InChI=1S/C12H8Cl2FN3O/c13-7-2-4-10(16)18-11(7)12(19)17-6-1-3-9(15)8(14)5-6/h1-5H,(H2,16,18)(H,17,19). The molecule has 2 rings (SSSR count). The van der Waals surface area contributed by atoms with E-state index in [4.69, 9.17) is 28.9 Å². The van der Waals surface area contributed by atoms with Crippen molar-refractivity contribution in [3.8, 4) is 0 Å². The molecular formula is C12H8Cl2FN3O. The zero-order chi connectivity index (χ0) is 14.0. The van der Waals surface area contributed by atoms with E-state index in [0.29, 0.717) is 5.69 Å². The number of anilines is 2. The first-order chi connectivity index (χ1) is 8.97. The Bertz CT molecular complexity index is 649. The fraction of sp³-hybridized carbons (Fsp3) is 0. The van der Waals surface area contributed by atoms with Gasteiger partial charge in [0.15, 0.2) is 0 Å². The summed E-state index contributed by atoms with van der Waals surface area (Å²) in [5, 5.41) is 2.58. The Kier molecular flexibility index (Phi) is 3.87. The number of carbonyl (C=O) groups excluding carboxylic acids is 1. The highest BCUT2D eigenvalue weighted by atomic mass is 35.5. The average molecular weight is 300 g/mol. The number of rotatable bonds is 2. The Hall–Kier alpha value is -1.85. The molecule has 0 aliphatic heterocycles. The Morgan fingerprint density at radius 2 is 1.95 bits per heavy atom. The maximum atomic E-state index is 13.0. The molecule has 0 bridgehead atoms. The number of pyridine rings is 1. The third kappa shape index (κ3) is 3.13. The first-order valence-corrected chi connectivity index (χ1v) is 5.91. The van der Waals surface area contributed by atoms with Gasteiger partial charge in [0.1, 0.15) is 17.3 Å². The molecule has 98 valence electrons. The van der Waals surface area contributed by atoms with E-state index in [9.17, 15) is 9.18 Å². The molecule has 3 N–H and O–H groups in total. The van der Waals surface area contributed by atoms with Gasteiger partial charge in [0.25, 0.3) is 5.91 Å². The fourth-order valence-corrected chi connectivity index (χ4v) is 1.75. The molecule has 0 saturated heterocycles. The molecule has 1 aromatic carbocycles. The van der Waals surface area contributed by atoms with Crippen molar-refractivity contribution in [3.05, 3.63) is 51.9 Å². The van der Waals surface area contributed by atoms with Crippen LogP contribution in [0.4, 0.5) is 15.9 Å². The summed E-state index contributed by atoms with van der Waals surface area (Å²) in [6, 6.07) is 6.75. The van der Waals surface area contributed by atoms with E-state index in [0.717, 1.165) is 6.07 Å². The molecule has 1 aromatic heterocycles. The van der Waals surface area contributed by atoms with Crippen LogP contribution < -0.4 is 11.1 Å². The Balaban J connectivity index is 2.25. The summed E-state index contributed by atoms with van der Waals surface area (Å²) in [7, 11) is 0. The molecule has 0 radical (unpaired) electrons. The molecule has 0 unspecified atom stereocenters. The zero-order valence-corrected chi connectivity index (χ0v) is 11.0. The van der Waals surface area contributed by atoms with Crippen molar-refractivity contribution in [2.75, 3.05) is 11.1 Å². The lowest BCUT2D eigenvalue weighted by atomic mass is 10.2. The first-order valence-electron chi connectivity index (χ1n) is 5.16. The van der Waals surface area contributed by atoms with Gasteiger partial charge in [0.05, 0.1) is 10.0 Å². The second-order valence-corrected chi connectivity index (χ2v) is 4.46. The molecule has 1 amide bonds. The van der Waals surface area contributed by atoms with Crippen molar-refractivity contribution in [2.24, 2.45) is 0 Å². The fourth-order valence-electron chi connectivity index (χ4n) is 1.38. The van der Waals surface area contributed by atoms with Crippen molar-refractivity contribution in [2.45, 2.75) is 0 Å². The van der Waals surface area contributed by atoms with Gasteiger partial charge in [-0.25, -0.2) is 9.37 Å². The van der Waals surface area contributed by atoms with Gasteiger partial charge in [-0.05, 0) is 30.3 Å². The lowest BCUT2D eigenvalue weighted by molar-refractivity contribution is 0.102. The molecule has 0 fully saturated rings. The molecule has 0 spiro atoms. The Morgan fingerprint density at radius 1 is 1.21 bits per heavy atom. The number of aromatic nitrogens is 1. The SMILES string of the molecule is Nc1ccc(Cl)c(C(=O)Nc2ccc(F)c(Cl)c2)n1. The second kappa shape index (κ2) is 5.42. The average Bonchev–Trinajstić information content (AvgIpc) is 2.36. The molecule has 4 nitrogen and oxygen atoms in total. The number of nitrogens with zero attached hydrogens (tertiary/aromatic N) is 1. The van der Waals surface area contributed by atoms with Gasteiger partial charge in [-0.15, -0.1) is 0 Å². The summed E-state index contributed by atoms with van der Waals surface area (Å²) < 4.78 is 13.0. The van der Waals surface area contributed by atoms with Crippen LogP contribution in [0.1, 0.15) is 10.5 Å². The Morgan fingerprint density at radius 3 is 2.63 bits per heavy atom. The molecule has 0 aliphatic carbocycles. The van der Waals surface area contributed by atoms with Crippen molar-refractivity contribution >= 4 is 40.6 Å². The van der Waals surface area contributed by atoms with Crippen LogP contribution >= 0.6 is 23.2 Å². The molecule has 19 heavy (non-hydrogen) atoms. The minimum Gasteiger partial charge on any atom is -0.384 e.